The Morgan fingerprint density at radius 2 is 1.91 bits per heavy atom. The summed E-state index contributed by atoms with van der Waals surface area (Å²) in [5.74, 6) is 1.68. The van der Waals surface area contributed by atoms with Gasteiger partial charge in [-0.25, -0.2) is 4.98 Å². The van der Waals surface area contributed by atoms with Crippen LogP contribution in [0.2, 0.25) is 5.02 Å². The third-order valence-electron chi connectivity index (χ3n) is 3.55. The van der Waals surface area contributed by atoms with Crippen LogP contribution >= 0.6 is 11.6 Å². The molecule has 0 aliphatic rings. The summed E-state index contributed by atoms with van der Waals surface area (Å²) in [5, 5.41) is 0.699. The number of imidazole rings is 1. The van der Waals surface area contributed by atoms with Crippen molar-refractivity contribution >= 4 is 34.3 Å². The number of nitrogens with two attached hydrogens (primary N) is 1. The molecule has 0 unspecified atom stereocenters. The minimum Gasteiger partial charge on any atom is -0.492 e. The number of nitrogens with zero attached hydrogens (tertiary/aromatic N) is 3. The molecule has 6 heteroatoms. The highest BCUT2D eigenvalue weighted by atomic mass is 35.5. The van der Waals surface area contributed by atoms with Crippen LogP contribution in [-0.4, -0.2) is 30.3 Å². The van der Waals surface area contributed by atoms with Gasteiger partial charge in [0, 0.05) is 24.8 Å². The molecule has 3 aromatic rings. The van der Waals surface area contributed by atoms with Gasteiger partial charge in [-0.1, -0.05) is 11.6 Å². The predicted octanol–water partition coefficient (Wildman–Crippen LogP) is 3.42. The smallest absolute Gasteiger partial charge is 0.206 e. The summed E-state index contributed by atoms with van der Waals surface area (Å²) in [5.41, 5.74) is 8.50. The monoisotopic (exact) mass is 330 g/mol. The van der Waals surface area contributed by atoms with Gasteiger partial charge in [0.15, 0.2) is 0 Å². The molecule has 2 aromatic carbocycles. The Morgan fingerprint density at radius 3 is 2.61 bits per heavy atom. The van der Waals surface area contributed by atoms with Crippen molar-refractivity contribution in [1.29, 1.82) is 0 Å². The number of nitrogen functional groups attached to an aromatic ring is 1. The van der Waals surface area contributed by atoms with Crippen LogP contribution in [0, 0.1) is 0 Å². The Balaban J connectivity index is 1.81. The lowest BCUT2D eigenvalue weighted by Gasteiger charge is -2.15. The van der Waals surface area contributed by atoms with Crippen LogP contribution in [0.3, 0.4) is 0 Å². The Morgan fingerprint density at radius 1 is 1.17 bits per heavy atom. The van der Waals surface area contributed by atoms with E-state index >= 15 is 0 Å². The van der Waals surface area contributed by atoms with E-state index in [1.54, 1.807) is 0 Å². The van der Waals surface area contributed by atoms with E-state index in [9.17, 15) is 0 Å². The van der Waals surface area contributed by atoms with Crippen molar-refractivity contribution in [2.75, 3.05) is 31.3 Å². The Bertz CT molecular complexity index is 811. The first kappa shape index (κ1) is 15.5. The highest BCUT2D eigenvalue weighted by molar-refractivity contribution is 6.30. The van der Waals surface area contributed by atoms with Gasteiger partial charge < -0.3 is 19.9 Å². The van der Waals surface area contributed by atoms with Gasteiger partial charge in [0.2, 0.25) is 5.95 Å². The van der Waals surface area contributed by atoms with Gasteiger partial charge in [-0.15, -0.1) is 0 Å². The zero-order chi connectivity index (χ0) is 16.4. The average Bonchev–Trinajstić information content (AvgIpc) is 2.87. The molecule has 120 valence electrons. The fraction of sp³-hybridized carbons (Fsp3) is 0.235. The van der Waals surface area contributed by atoms with E-state index in [4.69, 9.17) is 22.1 Å². The van der Waals surface area contributed by atoms with Crippen molar-refractivity contribution in [3.63, 3.8) is 0 Å². The second kappa shape index (κ2) is 6.38. The molecule has 0 spiro atoms. The van der Waals surface area contributed by atoms with E-state index in [1.807, 2.05) is 61.5 Å². The van der Waals surface area contributed by atoms with Crippen LogP contribution in [0.5, 0.6) is 5.75 Å². The zero-order valence-electron chi connectivity index (χ0n) is 13.2. The van der Waals surface area contributed by atoms with E-state index in [0.717, 1.165) is 22.7 Å². The largest absolute Gasteiger partial charge is 0.492 e. The maximum Gasteiger partial charge on any atom is 0.206 e. The number of anilines is 2. The van der Waals surface area contributed by atoms with E-state index < -0.39 is 0 Å². The van der Waals surface area contributed by atoms with E-state index in [0.29, 0.717) is 23.9 Å². The summed E-state index contributed by atoms with van der Waals surface area (Å²) < 4.78 is 7.92. The SMILES string of the molecule is CN(C)c1nc2cc(N)ccc2n1CCOc1ccc(Cl)cc1. The predicted molar refractivity (Wildman–Crippen MR) is 95.4 cm³/mol. The second-order valence-corrected chi connectivity index (χ2v) is 5.94. The molecule has 0 aliphatic heterocycles. The number of benzene rings is 2. The van der Waals surface area contributed by atoms with E-state index in [-0.39, 0.29) is 0 Å². The molecule has 1 heterocycles. The summed E-state index contributed by atoms with van der Waals surface area (Å²) >= 11 is 5.88. The van der Waals surface area contributed by atoms with Gasteiger partial charge in [0.25, 0.3) is 0 Å². The first-order valence-electron chi connectivity index (χ1n) is 7.36. The average molecular weight is 331 g/mol. The van der Waals surface area contributed by atoms with Gasteiger partial charge in [0.05, 0.1) is 17.6 Å². The van der Waals surface area contributed by atoms with E-state index in [2.05, 4.69) is 9.55 Å². The fourth-order valence-corrected chi connectivity index (χ4v) is 2.61. The minimum absolute atomic E-state index is 0.540. The lowest BCUT2D eigenvalue weighted by atomic mass is 10.3. The van der Waals surface area contributed by atoms with Crippen molar-refractivity contribution in [3.8, 4) is 5.75 Å². The van der Waals surface area contributed by atoms with Gasteiger partial charge in [-0.2, -0.15) is 0 Å². The van der Waals surface area contributed by atoms with Gasteiger partial charge in [0.1, 0.15) is 12.4 Å². The molecule has 0 saturated carbocycles. The topological polar surface area (TPSA) is 56.3 Å². The maximum absolute atomic E-state index is 5.88. The number of hydrogen-bond donors (Lipinski definition) is 1. The number of halogens is 1. The maximum atomic E-state index is 5.88. The molecule has 0 bridgehead atoms. The summed E-state index contributed by atoms with van der Waals surface area (Å²) in [6.45, 7) is 1.23. The van der Waals surface area contributed by atoms with Crippen molar-refractivity contribution in [2.45, 2.75) is 6.54 Å². The first-order valence-corrected chi connectivity index (χ1v) is 7.74. The van der Waals surface area contributed by atoms with Crippen molar-refractivity contribution in [2.24, 2.45) is 0 Å². The minimum atomic E-state index is 0.540. The van der Waals surface area contributed by atoms with Crippen molar-refractivity contribution in [1.82, 2.24) is 9.55 Å². The van der Waals surface area contributed by atoms with Crippen LogP contribution in [0.1, 0.15) is 0 Å². The fourth-order valence-electron chi connectivity index (χ4n) is 2.48. The quantitative estimate of drug-likeness (QED) is 0.728. The Hall–Kier alpha value is -2.40. The standard InChI is InChI=1S/C17H19ClN4O/c1-21(2)17-20-15-11-13(19)5-8-16(15)22(17)9-10-23-14-6-3-12(18)4-7-14/h3-8,11H,9-10,19H2,1-2H3. The molecule has 0 saturated heterocycles. The summed E-state index contributed by atoms with van der Waals surface area (Å²) in [6.07, 6.45) is 0. The first-order chi connectivity index (χ1) is 11.0. The highest BCUT2D eigenvalue weighted by Crippen LogP contribution is 2.23. The molecule has 23 heavy (non-hydrogen) atoms. The number of ether oxygens (including phenoxy) is 1. The third-order valence-corrected chi connectivity index (χ3v) is 3.80. The van der Waals surface area contributed by atoms with Gasteiger partial charge in [-0.05, 0) is 42.5 Å². The van der Waals surface area contributed by atoms with E-state index in [1.165, 1.54) is 0 Å². The van der Waals surface area contributed by atoms with Crippen LogP contribution in [0.25, 0.3) is 11.0 Å². The van der Waals surface area contributed by atoms with Crippen molar-refractivity contribution in [3.05, 3.63) is 47.5 Å². The molecule has 5 nitrogen and oxygen atoms in total. The van der Waals surface area contributed by atoms with Crippen LogP contribution in [0.15, 0.2) is 42.5 Å². The molecule has 0 atom stereocenters. The molecular weight excluding hydrogens is 312 g/mol. The molecule has 0 amide bonds. The summed E-state index contributed by atoms with van der Waals surface area (Å²) in [4.78, 5) is 6.63. The molecular formula is C17H19ClN4O. The molecule has 0 radical (unpaired) electrons. The molecule has 2 N–H and O–H groups in total. The molecule has 0 aliphatic carbocycles. The molecule has 3 rings (SSSR count). The van der Waals surface area contributed by atoms with Crippen LogP contribution in [-0.2, 0) is 6.54 Å². The normalized spacial score (nSPS) is 10.9. The third kappa shape index (κ3) is 3.35. The number of rotatable bonds is 5. The number of fused-ring (bicyclic) bond motifs is 1. The number of hydrogen-bond acceptors (Lipinski definition) is 4. The Kier molecular flexibility index (Phi) is 4.30. The molecule has 0 fully saturated rings. The summed E-state index contributed by atoms with van der Waals surface area (Å²) in [7, 11) is 3.95. The highest BCUT2D eigenvalue weighted by Gasteiger charge is 2.12. The second-order valence-electron chi connectivity index (χ2n) is 5.51. The van der Waals surface area contributed by atoms with Crippen LogP contribution in [0.4, 0.5) is 11.6 Å². The zero-order valence-corrected chi connectivity index (χ0v) is 13.9. The summed E-state index contributed by atoms with van der Waals surface area (Å²) in [6, 6.07) is 13.1. The Labute approximate surface area is 140 Å². The lowest BCUT2D eigenvalue weighted by molar-refractivity contribution is 0.300. The van der Waals surface area contributed by atoms with Crippen LogP contribution < -0.4 is 15.4 Å². The number of aromatic nitrogens is 2. The van der Waals surface area contributed by atoms with Gasteiger partial charge >= 0.3 is 0 Å². The van der Waals surface area contributed by atoms with Crippen molar-refractivity contribution < 1.29 is 4.74 Å². The lowest BCUT2D eigenvalue weighted by Crippen LogP contribution is -2.17. The molecule has 1 aromatic heterocycles. The van der Waals surface area contributed by atoms with Gasteiger partial charge in [-0.3, -0.25) is 0 Å².